The van der Waals surface area contributed by atoms with Crippen LogP contribution >= 0.6 is 0 Å². The highest BCUT2D eigenvalue weighted by atomic mass is 32.2. The summed E-state index contributed by atoms with van der Waals surface area (Å²) in [6, 6.07) is 2.77. The summed E-state index contributed by atoms with van der Waals surface area (Å²) in [6.07, 6.45) is 3.37. The lowest BCUT2D eigenvalue weighted by Crippen LogP contribution is -2.43. The molecular weight excluding hydrogens is 285 g/mol. The fraction of sp³-hybridized carbons (Fsp3) is 0.462. The topological polar surface area (TPSA) is 83.5 Å². The number of nitrogens with one attached hydrogen (secondary N) is 1. The van der Waals surface area contributed by atoms with Gasteiger partial charge in [-0.15, -0.1) is 0 Å². The average Bonchev–Trinajstić information content (AvgIpc) is 2.74. The van der Waals surface area contributed by atoms with Crippen LogP contribution in [0.25, 0.3) is 0 Å². The molecule has 1 aromatic carbocycles. The number of carbonyl (C=O) groups is 1. The summed E-state index contributed by atoms with van der Waals surface area (Å²) in [4.78, 5) is 10.6. The van der Waals surface area contributed by atoms with Crippen molar-refractivity contribution >= 4 is 16.0 Å². The molecule has 0 atom stereocenters. The van der Waals surface area contributed by atoms with Gasteiger partial charge in [0.2, 0.25) is 10.0 Å². The van der Waals surface area contributed by atoms with Gasteiger partial charge in [-0.05, 0) is 38.0 Å². The van der Waals surface area contributed by atoms with Crippen LogP contribution in [0.5, 0.6) is 0 Å². The molecule has 2 N–H and O–H groups in total. The van der Waals surface area contributed by atoms with E-state index in [1.54, 1.807) is 0 Å². The van der Waals surface area contributed by atoms with Gasteiger partial charge in [0.05, 0.1) is 10.5 Å². The lowest BCUT2D eigenvalue weighted by molar-refractivity contribution is 0.0691. The Morgan fingerprint density at radius 3 is 2.50 bits per heavy atom. The number of carboxylic acid groups (broad SMARTS) is 1. The molecule has 0 amide bonds. The van der Waals surface area contributed by atoms with Crippen LogP contribution in [0.1, 0.15) is 43.0 Å². The minimum atomic E-state index is -3.85. The average molecular weight is 301 g/mol. The molecule has 0 unspecified atom stereocenters. The fourth-order valence-corrected chi connectivity index (χ4v) is 3.97. The maximum absolute atomic E-state index is 13.3. The molecule has 1 aliphatic rings. The smallest absolute Gasteiger partial charge is 0.338 e. The third kappa shape index (κ3) is 2.99. The van der Waals surface area contributed by atoms with Crippen LogP contribution in [0.2, 0.25) is 0 Å². The van der Waals surface area contributed by atoms with E-state index in [0.717, 1.165) is 43.9 Å². The standard InChI is InChI=1S/C13H16FNO4S/c1-13(6-2-3-7-13)15-20(18,19)9-4-5-11(14)10(8-9)12(16)17/h4-5,8,15H,2-3,6-7H2,1H3,(H,16,17). The van der Waals surface area contributed by atoms with Crippen LogP contribution in [0.15, 0.2) is 23.1 Å². The molecule has 1 fully saturated rings. The Morgan fingerprint density at radius 2 is 1.95 bits per heavy atom. The Bertz CT molecular complexity index is 636. The molecule has 1 aromatic rings. The molecular formula is C13H16FNO4S. The molecule has 110 valence electrons. The number of halogens is 1. The number of carboxylic acids is 1. The number of benzene rings is 1. The first-order valence-electron chi connectivity index (χ1n) is 6.30. The van der Waals surface area contributed by atoms with Crippen LogP contribution in [0, 0.1) is 5.82 Å². The van der Waals surface area contributed by atoms with Gasteiger partial charge in [0, 0.05) is 5.54 Å². The Hall–Kier alpha value is -1.47. The molecule has 0 bridgehead atoms. The molecule has 5 nitrogen and oxygen atoms in total. The van der Waals surface area contributed by atoms with E-state index in [0.29, 0.717) is 0 Å². The quantitative estimate of drug-likeness (QED) is 0.892. The van der Waals surface area contributed by atoms with Gasteiger partial charge in [-0.2, -0.15) is 0 Å². The van der Waals surface area contributed by atoms with E-state index in [4.69, 9.17) is 5.11 Å². The third-order valence-corrected chi connectivity index (χ3v) is 5.20. The van der Waals surface area contributed by atoms with E-state index in [1.165, 1.54) is 0 Å². The van der Waals surface area contributed by atoms with Gasteiger partial charge >= 0.3 is 5.97 Å². The predicted octanol–water partition coefficient (Wildman–Crippen LogP) is 2.13. The second kappa shape index (κ2) is 5.14. The van der Waals surface area contributed by atoms with Gasteiger partial charge in [0.15, 0.2) is 0 Å². The van der Waals surface area contributed by atoms with Gasteiger partial charge in [-0.1, -0.05) is 12.8 Å². The zero-order chi connectivity index (χ0) is 15.0. The molecule has 0 saturated heterocycles. The van der Waals surface area contributed by atoms with Crippen molar-refractivity contribution in [2.75, 3.05) is 0 Å². The SMILES string of the molecule is CC1(NS(=O)(=O)c2ccc(F)c(C(=O)O)c2)CCCC1. The van der Waals surface area contributed by atoms with E-state index < -0.39 is 32.9 Å². The van der Waals surface area contributed by atoms with Crippen LogP contribution in [0.4, 0.5) is 4.39 Å². The van der Waals surface area contributed by atoms with Crippen LogP contribution in [-0.2, 0) is 10.0 Å². The summed E-state index contributed by atoms with van der Waals surface area (Å²) >= 11 is 0. The summed E-state index contributed by atoms with van der Waals surface area (Å²) < 4.78 is 40.4. The van der Waals surface area contributed by atoms with E-state index in [2.05, 4.69) is 4.72 Å². The molecule has 2 rings (SSSR count). The van der Waals surface area contributed by atoms with Gasteiger partial charge in [-0.3, -0.25) is 0 Å². The van der Waals surface area contributed by atoms with Crippen molar-refractivity contribution in [3.63, 3.8) is 0 Å². The first-order valence-corrected chi connectivity index (χ1v) is 7.79. The predicted molar refractivity (Wildman–Crippen MR) is 70.6 cm³/mol. The summed E-state index contributed by atoms with van der Waals surface area (Å²) in [5, 5.41) is 8.84. The fourth-order valence-electron chi connectivity index (χ4n) is 2.48. The number of rotatable bonds is 4. The lowest BCUT2D eigenvalue weighted by atomic mass is 10.0. The molecule has 20 heavy (non-hydrogen) atoms. The monoisotopic (exact) mass is 301 g/mol. The minimum Gasteiger partial charge on any atom is -0.478 e. The second-order valence-corrected chi connectivity index (χ2v) is 7.00. The molecule has 0 heterocycles. The van der Waals surface area contributed by atoms with Crippen molar-refractivity contribution < 1.29 is 22.7 Å². The van der Waals surface area contributed by atoms with Crippen LogP contribution in [-0.4, -0.2) is 25.0 Å². The van der Waals surface area contributed by atoms with Gasteiger partial charge in [0.1, 0.15) is 5.82 Å². The zero-order valence-corrected chi connectivity index (χ0v) is 11.8. The minimum absolute atomic E-state index is 0.232. The number of hydrogen-bond acceptors (Lipinski definition) is 3. The largest absolute Gasteiger partial charge is 0.478 e. The van der Waals surface area contributed by atoms with Crippen LogP contribution < -0.4 is 4.72 Å². The van der Waals surface area contributed by atoms with Crippen molar-refractivity contribution in [2.24, 2.45) is 0 Å². The van der Waals surface area contributed by atoms with Crippen LogP contribution in [0.3, 0.4) is 0 Å². The van der Waals surface area contributed by atoms with Crippen molar-refractivity contribution in [3.05, 3.63) is 29.6 Å². The Balaban J connectivity index is 2.34. The second-order valence-electron chi connectivity index (χ2n) is 5.32. The number of sulfonamides is 1. The highest BCUT2D eigenvalue weighted by Gasteiger charge is 2.33. The lowest BCUT2D eigenvalue weighted by Gasteiger charge is -2.25. The molecule has 0 spiro atoms. The van der Waals surface area contributed by atoms with E-state index in [9.17, 15) is 17.6 Å². The number of aromatic carboxylic acids is 1. The molecule has 0 radical (unpaired) electrons. The number of hydrogen-bond donors (Lipinski definition) is 2. The highest BCUT2D eigenvalue weighted by Crippen LogP contribution is 2.30. The maximum Gasteiger partial charge on any atom is 0.338 e. The van der Waals surface area contributed by atoms with E-state index in [-0.39, 0.29) is 4.90 Å². The Labute approximate surface area is 116 Å². The van der Waals surface area contributed by atoms with Crippen molar-refractivity contribution in [2.45, 2.75) is 43.0 Å². The summed E-state index contributed by atoms with van der Waals surface area (Å²) in [7, 11) is -3.85. The molecule has 1 aliphatic carbocycles. The van der Waals surface area contributed by atoms with Crippen molar-refractivity contribution in [3.8, 4) is 0 Å². The summed E-state index contributed by atoms with van der Waals surface area (Å²) in [6.45, 7) is 1.82. The first-order chi connectivity index (χ1) is 9.23. The van der Waals surface area contributed by atoms with E-state index >= 15 is 0 Å². The first kappa shape index (κ1) is 14.9. The molecule has 7 heteroatoms. The van der Waals surface area contributed by atoms with E-state index in [1.807, 2.05) is 6.92 Å². The zero-order valence-electron chi connectivity index (χ0n) is 11.0. The molecule has 0 aromatic heterocycles. The summed E-state index contributed by atoms with van der Waals surface area (Å²) in [5.41, 5.74) is -1.17. The van der Waals surface area contributed by atoms with Gasteiger partial charge in [0.25, 0.3) is 0 Å². The van der Waals surface area contributed by atoms with Gasteiger partial charge in [-0.25, -0.2) is 22.3 Å². The molecule has 0 aliphatic heterocycles. The summed E-state index contributed by atoms with van der Waals surface area (Å²) in [5.74, 6) is -2.45. The molecule has 1 saturated carbocycles. The Kier molecular flexibility index (Phi) is 3.84. The highest BCUT2D eigenvalue weighted by molar-refractivity contribution is 7.89. The van der Waals surface area contributed by atoms with Crippen molar-refractivity contribution in [1.82, 2.24) is 4.72 Å². The maximum atomic E-state index is 13.3. The van der Waals surface area contributed by atoms with Crippen molar-refractivity contribution in [1.29, 1.82) is 0 Å². The third-order valence-electron chi connectivity index (χ3n) is 3.57. The normalized spacial score (nSPS) is 18.1. The van der Waals surface area contributed by atoms with Gasteiger partial charge < -0.3 is 5.11 Å². The Morgan fingerprint density at radius 1 is 1.35 bits per heavy atom.